The number of carbonyl (C=O) groups excluding carboxylic acids is 2. The van der Waals surface area contributed by atoms with Crippen LogP contribution in [0.3, 0.4) is 0 Å². The lowest BCUT2D eigenvalue weighted by molar-refractivity contribution is -0.144. The van der Waals surface area contributed by atoms with E-state index in [1.165, 1.54) is 12.1 Å². The van der Waals surface area contributed by atoms with Crippen LogP contribution in [0.1, 0.15) is 41.8 Å². The molecular weight excluding hydrogens is 385 g/mol. The van der Waals surface area contributed by atoms with Gasteiger partial charge in [-0.3, -0.25) is 14.6 Å². The number of allylic oxidation sites excluding steroid dienone is 2. The number of aliphatic imine (C=N–C) groups is 1. The number of benzene rings is 2. The molecule has 1 amide bonds. The minimum absolute atomic E-state index is 0.0193. The Bertz CT molecular complexity index is 965. The lowest BCUT2D eigenvalue weighted by Gasteiger charge is -2.12. The lowest BCUT2D eigenvalue weighted by atomic mass is 9.97. The molecule has 0 saturated carbocycles. The second kappa shape index (κ2) is 10.9. The van der Waals surface area contributed by atoms with Crippen molar-refractivity contribution in [2.24, 2.45) is 10.7 Å². The molecule has 2 aromatic rings. The van der Waals surface area contributed by atoms with Crippen molar-refractivity contribution >= 4 is 23.2 Å². The first-order valence-electron chi connectivity index (χ1n) is 9.51. The zero-order valence-corrected chi connectivity index (χ0v) is 17.4. The first kappa shape index (κ1) is 22.8. The van der Waals surface area contributed by atoms with Gasteiger partial charge in [0.05, 0.1) is 12.0 Å². The lowest BCUT2D eigenvalue weighted by Crippen LogP contribution is -2.27. The molecule has 6 nitrogen and oxygen atoms in total. The molecule has 2 rings (SSSR count). The van der Waals surface area contributed by atoms with Crippen molar-refractivity contribution in [1.82, 2.24) is 5.32 Å². The fourth-order valence-corrected chi connectivity index (χ4v) is 2.87. The second-order valence-electron chi connectivity index (χ2n) is 6.71. The Kier molecular flexibility index (Phi) is 8.29. The summed E-state index contributed by atoms with van der Waals surface area (Å²) in [6.45, 7) is 3.70. The van der Waals surface area contributed by atoms with Crippen LogP contribution >= 0.6 is 0 Å². The molecule has 7 heteroatoms. The predicted octanol–water partition coefficient (Wildman–Crippen LogP) is 3.47. The SMILES string of the molecule is CN=C(C)C(=C(C)N)c1ccc(F)c(C(=O)NCCC(=O)OCc2ccccc2)c1. The maximum atomic E-state index is 14.2. The maximum absolute atomic E-state index is 14.2. The molecule has 0 aromatic heterocycles. The van der Waals surface area contributed by atoms with E-state index in [0.717, 1.165) is 5.56 Å². The summed E-state index contributed by atoms with van der Waals surface area (Å²) >= 11 is 0. The van der Waals surface area contributed by atoms with E-state index in [0.29, 0.717) is 22.5 Å². The third-order valence-electron chi connectivity index (χ3n) is 4.45. The molecule has 0 aliphatic rings. The molecule has 3 N–H and O–H groups in total. The van der Waals surface area contributed by atoms with Gasteiger partial charge in [-0.25, -0.2) is 4.39 Å². The molecule has 0 aliphatic carbocycles. The highest BCUT2D eigenvalue weighted by molar-refractivity contribution is 6.23. The minimum Gasteiger partial charge on any atom is -0.461 e. The van der Waals surface area contributed by atoms with Crippen molar-refractivity contribution in [2.45, 2.75) is 26.9 Å². The fourth-order valence-electron chi connectivity index (χ4n) is 2.87. The van der Waals surface area contributed by atoms with Gasteiger partial charge in [-0.15, -0.1) is 0 Å². The normalized spacial score (nSPS) is 12.2. The van der Waals surface area contributed by atoms with Crippen LogP contribution in [-0.4, -0.2) is 31.2 Å². The van der Waals surface area contributed by atoms with Crippen molar-refractivity contribution in [3.05, 3.63) is 76.7 Å². The van der Waals surface area contributed by atoms with Crippen LogP contribution in [0.25, 0.3) is 5.57 Å². The fraction of sp³-hybridized carbons (Fsp3) is 0.261. The molecular formula is C23H26FN3O3. The van der Waals surface area contributed by atoms with Crippen LogP contribution in [0.5, 0.6) is 0 Å². The van der Waals surface area contributed by atoms with Gasteiger partial charge in [0, 0.05) is 30.6 Å². The topological polar surface area (TPSA) is 93.8 Å². The number of nitrogens with one attached hydrogen (secondary N) is 1. The van der Waals surface area contributed by atoms with Gasteiger partial charge in [-0.2, -0.15) is 0 Å². The molecule has 0 spiro atoms. The van der Waals surface area contributed by atoms with Crippen molar-refractivity contribution in [3.8, 4) is 0 Å². The summed E-state index contributed by atoms with van der Waals surface area (Å²) in [5.41, 5.74) is 9.11. The Morgan fingerprint density at radius 3 is 2.47 bits per heavy atom. The van der Waals surface area contributed by atoms with Gasteiger partial charge in [-0.1, -0.05) is 36.4 Å². The van der Waals surface area contributed by atoms with Crippen LogP contribution in [0, 0.1) is 5.82 Å². The predicted molar refractivity (Wildman–Crippen MR) is 115 cm³/mol. The summed E-state index contributed by atoms with van der Waals surface area (Å²) in [5.74, 6) is -1.74. The summed E-state index contributed by atoms with van der Waals surface area (Å²) in [6.07, 6.45) is -0.0193. The van der Waals surface area contributed by atoms with E-state index in [4.69, 9.17) is 10.5 Å². The Balaban J connectivity index is 1.98. The van der Waals surface area contributed by atoms with E-state index in [2.05, 4.69) is 10.3 Å². The molecule has 0 radical (unpaired) electrons. The van der Waals surface area contributed by atoms with E-state index in [-0.39, 0.29) is 25.1 Å². The Labute approximate surface area is 175 Å². The molecule has 30 heavy (non-hydrogen) atoms. The number of amides is 1. The van der Waals surface area contributed by atoms with Crippen LogP contribution in [-0.2, 0) is 16.1 Å². The molecule has 0 fully saturated rings. The number of ether oxygens (including phenoxy) is 1. The number of hydrogen-bond donors (Lipinski definition) is 2. The average Bonchev–Trinajstić information content (AvgIpc) is 2.73. The summed E-state index contributed by atoms with van der Waals surface area (Å²) in [7, 11) is 1.63. The zero-order chi connectivity index (χ0) is 22.1. The van der Waals surface area contributed by atoms with Gasteiger partial charge in [0.2, 0.25) is 0 Å². The van der Waals surface area contributed by atoms with Crippen molar-refractivity contribution in [2.75, 3.05) is 13.6 Å². The molecule has 2 aromatic carbocycles. The first-order chi connectivity index (χ1) is 14.3. The largest absolute Gasteiger partial charge is 0.461 e. The number of nitrogens with zero attached hydrogens (tertiary/aromatic N) is 1. The molecule has 0 heterocycles. The second-order valence-corrected chi connectivity index (χ2v) is 6.71. The van der Waals surface area contributed by atoms with Crippen molar-refractivity contribution in [1.29, 1.82) is 0 Å². The van der Waals surface area contributed by atoms with E-state index in [1.807, 2.05) is 30.3 Å². The number of nitrogens with two attached hydrogens (primary N) is 1. The van der Waals surface area contributed by atoms with Crippen LogP contribution < -0.4 is 11.1 Å². The minimum atomic E-state index is -0.664. The zero-order valence-electron chi connectivity index (χ0n) is 17.4. The van der Waals surface area contributed by atoms with Gasteiger partial charge in [0.15, 0.2) is 0 Å². The van der Waals surface area contributed by atoms with Gasteiger partial charge in [-0.05, 0) is 37.1 Å². The monoisotopic (exact) mass is 411 g/mol. The Morgan fingerprint density at radius 1 is 1.13 bits per heavy atom. The number of hydrogen-bond acceptors (Lipinski definition) is 5. The van der Waals surface area contributed by atoms with Crippen LogP contribution in [0.15, 0.2) is 59.2 Å². The van der Waals surface area contributed by atoms with Gasteiger partial charge >= 0.3 is 5.97 Å². The molecule has 0 unspecified atom stereocenters. The summed E-state index contributed by atoms with van der Waals surface area (Å²) < 4.78 is 19.4. The third-order valence-corrected chi connectivity index (χ3v) is 4.45. The Hall–Kier alpha value is -3.48. The van der Waals surface area contributed by atoms with E-state index >= 15 is 0 Å². The summed E-state index contributed by atoms with van der Waals surface area (Å²) in [6, 6.07) is 13.5. The third kappa shape index (κ3) is 6.27. The summed E-state index contributed by atoms with van der Waals surface area (Å²) in [4.78, 5) is 28.4. The molecule has 0 aliphatic heterocycles. The number of rotatable bonds is 8. The maximum Gasteiger partial charge on any atom is 0.307 e. The molecule has 0 bridgehead atoms. The highest BCUT2D eigenvalue weighted by Crippen LogP contribution is 2.21. The highest BCUT2D eigenvalue weighted by atomic mass is 19.1. The average molecular weight is 411 g/mol. The van der Waals surface area contributed by atoms with Gasteiger partial charge < -0.3 is 15.8 Å². The van der Waals surface area contributed by atoms with Crippen LogP contribution in [0.4, 0.5) is 4.39 Å². The van der Waals surface area contributed by atoms with E-state index < -0.39 is 17.7 Å². The molecule has 0 saturated heterocycles. The first-order valence-corrected chi connectivity index (χ1v) is 9.51. The van der Waals surface area contributed by atoms with Crippen LogP contribution in [0.2, 0.25) is 0 Å². The molecule has 0 atom stereocenters. The smallest absolute Gasteiger partial charge is 0.307 e. The summed E-state index contributed by atoms with van der Waals surface area (Å²) in [5, 5.41) is 2.55. The Morgan fingerprint density at radius 2 is 1.83 bits per heavy atom. The van der Waals surface area contributed by atoms with Crippen molar-refractivity contribution in [3.63, 3.8) is 0 Å². The van der Waals surface area contributed by atoms with Gasteiger partial charge in [0.1, 0.15) is 12.4 Å². The van der Waals surface area contributed by atoms with E-state index in [1.54, 1.807) is 27.0 Å². The number of halogens is 1. The standard InChI is InChI=1S/C23H26FN3O3/c1-15(25)22(16(2)26-3)18-9-10-20(24)19(13-18)23(29)27-12-11-21(28)30-14-17-7-5-4-6-8-17/h4-10,13H,11-12,14,25H2,1-3H3,(H,27,29). The number of esters is 1. The quantitative estimate of drug-likeness (QED) is 0.514. The van der Waals surface area contributed by atoms with Crippen molar-refractivity contribution < 1.29 is 18.7 Å². The van der Waals surface area contributed by atoms with Gasteiger partial charge in [0.25, 0.3) is 5.91 Å². The van der Waals surface area contributed by atoms with E-state index in [9.17, 15) is 14.0 Å². The number of carbonyl (C=O) groups is 2. The molecule has 158 valence electrons. The highest BCUT2D eigenvalue weighted by Gasteiger charge is 2.16.